The summed E-state index contributed by atoms with van der Waals surface area (Å²) in [5.74, 6) is 0.552. The molecule has 1 aliphatic rings. The van der Waals surface area contributed by atoms with Gasteiger partial charge in [-0.2, -0.15) is 5.10 Å². The second-order valence-corrected chi connectivity index (χ2v) is 5.27. The van der Waals surface area contributed by atoms with Gasteiger partial charge in [0.1, 0.15) is 24.6 Å². The standard InChI is InChI=1S/C15H18F2N4/c16-6-8-21-15(18-11-19-21)10-20-7-2-5-14(20)12-3-1-4-13(17)9-12/h1,3-4,9,11,14H,2,5-8,10H2/t14-/m0/s1. The van der Waals surface area contributed by atoms with Crippen molar-refractivity contribution in [2.75, 3.05) is 13.2 Å². The third-order valence-electron chi connectivity index (χ3n) is 3.93. The molecule has 1 fully saturated rings. The SMILES string of the molecule is FCCn1ncnc1CN1CCC[C@H]1c1cccc(F)c1. The first kappa shape index (κ1) is 14.1. The molecule has 0 unspecified atom stereocenters. The van der Waals surface area contributed by atoms with Gasteiger partial charge in [0.2, 0.25) is 0 Å². The third-order valence-corrected chi connectivity index (χ3v) is 3.93. The summed E-state index contributed by atoms with van der Waals surface area (Å²) in [6, 6.07) is 6.94. The number of hydrogen-bond donors (Lipinski definition) is 0. The molecule has 0 aliphatic carbocycles. The van der Waals surface area contributed by atoms with Gasteiger partial charge in [-0.05, 0) is 37.1 Å². The lowest BCUT2D eigenvalue weighted by molar-refractivity contribution is 0.235. The molecule has 21 heavy (non-hydrogen) atoms. The summed E-state index contributed by atoms with van der Waals surface area (Å²) < 4.78 is 27.5. The number of hydrogen-bond acceptors (Lipinski definition) is 3. The minimum Gasteiger partial charge on any atom is -0.289 e. The van der Waals surface area contributed by atoms with Crippen LogP contribution < -0.4 is 0 Å². The maximum atomic E-state index is 13.4. The molecule has 2 aromatic rings. The van der Waals surface area contributed by atoms with E-state index in [-0.39, 0.29) is 18.4 Å². The molecule has 0 spiro atoms. The molecule has 6 heteroatoms. The Morgan fingerprint density at radius 1 is 1.33 bits per heavy atom. The van der Waals surface area contributed by atoms with Crippen molar-refractivity contribution in [2.24, 2.45) is 0 Å². The quantitative estimate of drug-likeness (QED) is 0.849. The molecule has 3 rings (SSSR count). The van der Waals surface area contributed by atoms with Crippen LogP contribution in [0.3, 0.4) is 0 Å². The van der Waals surface area contributed by atoms with E-state index in [9.17, 15) is 8.78 Å². The molecule has 0 amide bonds. The average molecular weight is 292 g/mol. The van der Waals surface area contributed by atoms with E-state index in [0.29, 0.717) is 6.54 Å². The van der Waals surface area contributed by atoms with E-state index < -0.39 is 6.67 Å². The Morgan fingerprint density at radius 3 is 3.05 bits per heavy atom. The number of alkyl halides is 1. The van der Waals surface area contributed by atoms with Crippen molar-refractivity contribution in [1.82, 2.24) is 19.7 Å². The zero-order chi connectivity index (χ0) is 14.7. The Balaban J connectivity index is 1.76. The van der Waals surface area contributed by atoms with Gasteiger partial charge in [0.25, 0.3) is 0 Å². The van der Waals surface area contributed by atoms with E-state index in [1.165, 1.54) is 12.4 Å². The summed E-state index contributed by atoms with van der Waals surface area (Å²) >= 11 is 0. The van der Waals surface area contributed by atoms with Gasteiger partial charge < -0.3 is 0 Å². The van der Waals surface area contributed by atoms with Crippen LogP contribution >= 0.6 is 0 Å². The van der Waals surface area contributed by atoms with Crippen LogP contribution in [-0.2, 0) is 13.1 Å². The Labute approximate surface area is 122 Å². The second kappa shape index (κ2) is 6.30. The fraction of sp³-hybridized carbons (Fsp3) is 0.467. The first-order valence-corrected chi connectivity index (χ1v) is 7.20. The van der Waals surface area contributed by atoms with Crippen molar-refractivity contribution in [3.8, 4) is 0 Å². The molecule has 1 aliphatic heterocycles. The summed E-state index contributed by atoms with van der Waals surface area (Å²) in [5.41, 5.74) is 0.990. The van der Waals surface area contributed by atoms with Crippen LogP contribution in [0.25, 0.3) is 0 Å². The van der Waals surface area contributed by atoms with Crippen molar-refractivity contribution in [1.29, 1.82) is 0 Å². The molecule has 2 heterocycles. The van der Waals surface area contributed by atoms with Crippen LogP contribution in [0.15, 0.2) is 30.6 Å². The van der Waals surface area contributed by atoms with E-state index in [4.69, 9.17) is 0 Å². The molecule has 112 valence electrons. The highest BCUT2D eigenvalue weighted by Gasteiger charge is 2.27. The minimum absolute atomic E-state index is 0.191. The van der Waals surface area contributed by atoms with Crippen molar-refractivity contribution < 1.29 is 8.78 Å². The van der Waals surface area contributed by atoms with Crippen LogP contribution in [0.4, 0.5) is 8.78 Å². The predicted octanol–water partition coefficient (Wildman–Crippen LogP) is 2.72. The highest BCUT2D eigenvalue weighted by molar-refractivity contribution is 5.21. The van der Waals surface area contributed by atoms with Crippen molar-refractivity contribution in [2.45, 2.75) is 32.0 Å². The lowest BCUT2D eigenvalue weighted by Gasteiger charge is -2.24. The summed E-state index contributed by atoms with van der Waals surface area (Å²) in [4.78, 5) is 6.47. The van der Waals surface area contributed by atoms with Crippen molar-refractivity contribution >= 4 is 0 Å². The molecule has 0 saturated carbocycles. The fourth-order valence-corrected chi connectivity index (χ4v) is 2.97. The topological polar surface area (TPSA) is 34.0 Å². The molecule has 1 saturated heterocycles. The van der Waals surface area contributed by atoms with Gasteiger partial charge in [-0.25, -0.2) is 18.4 Å². The predicted molar refractivity (Wildman–Crippen MR) is 74.8 cm³/mol. The Hall–Kier alpha value is -1.82. The first-order valence-electron chi connectivity index (χ1n) is 7.20. The summed E-state index contributed by atoms with van der Waals surface area (Å²) in [6.45, 7) is 1.32. The van der Waals surface area contributed by atoms with E-state index >= 15 is 0 Å². The molecule has 1 aromatic carbocycles. The summed E-state index contributed by atoms with van der Waals surface area (Å²) in [5, 5.41) is 4.04. The van der Waals surface area contributed by atoms with E-state index in [2.05, 4.69) is 15.0 Å². The summed E-state index contributed by atoms with van der Waals surface area (Å²) in [6.07, 6.45) is 3.53. The highest BCUT2D eigenvalue weighted by atomic mass is 19.1. The van der Waals surface area contributed by atoms with Crippen molar-refractivity contribution in [3.05, 3.63) is 47.8 Å². The van der Waals surface area contributed by atoms with Crippen LogP contribution in [0.1, 0.15) is 30.3 Å². The number of benzene rings is 1. The molecule has 1 aromatic heterocycles. The van der Waals surface area contributed by atoms with E-state index in [1.807, 2.05) is 6.07 Å². The minimum atomic E-state index is -0.455. The van der Waals surface area contributed by atoms with Gasteiger partial charge in [-0.1, -0.05) is 12.1 Å². The molecule has 0 bridgehead atoms. The molecule has 4 nitrogen and oxygen atoms in total. The maximum Gasteiger partial charge on any atom is 0.141 e. The molecule has 0 N–H and O–H groups in total. The van der Waals surface area contributed by atoms with Crippen LogP contribution in [0.5, 0.6) is 0 Å². The van der Waals surface area contributed by atoms with Crippen LogP contribution in [-0.4, -0.2) is 32.9 Å². The normalized spacial score (nSPS) is 19.2. The molecule has 1 atom stereocenters. The summed E-state index contributed by atoms with van der Waals surface area (Å²) in [7, 11) is 0. The smallest absolute Gasteiger partial charge is 0.141 e. The molecular formula is C15H18F2N4. The number of aryl methyl sites for hydroxylation is 1. The Kier molecular flexibility index (Phi) is 4.24. The second-order valence-electron chi connectivity index (χ2n) is 5.27. The number of aromatic nitrogens is 3. The monoisotopic (exact) mass is 292 g/mol. The largest absolute Gasteiger partial charge is 0.289 e. The number of likely N-dealkylation sites (tertiary alicyclic amines) is 1. The van der Waals surface area contributed by atoms with Gasteiger partial charge in [0.05, 0.1) is 13.1 Å². The van der Waals surface area contributed by atoms with Gasteiger partial charge in [-0.3, -0.25) is 4.90 Å². The van der Waals surface area contributed by atoms with Gasteiger partial charge in [0.15, 0.2) is 0 Å². The highest BCUT2D eigenvalue weighted by Crippen LogP contribution is 2.33. The lowest BCUT2D eigenvalue weighted by Crippen LogP contribution is -2.25. The van der Waals surface area contributed by atoms with Crippen LogP contribution in [0.2, 0.25) is 0 Å². The molecular weight excluding hydrogens is 274 g/mol. The van der Waals surface area contributed by atoms with E-state index in [1.54, 1.807) is 16.8 Å². The number of rotatable bonds is 5. The van der Waals surface area contributed by atoms with E-state index in [0.717, 1.165) is 30.8 Å². The number of nitrogens with zero attached hydrogens (tertiary/aromatic N) is 4. The fourth-order valence-electron chi connectivity index (χ4n) is 2.97. The van der Waals surface area contributed by atoms with Crippen LogP contribution in [0, 0.1) is 5.82 Å². The molecule has 0 radical (unpaired) electrons. The average Bonchev–Trinajstić information content (AvgIpc) is 3.10. The Morgan fingerprint density at radius 2 is 2.24 bits per heavy atom. The number of halogens is 2. The van der Waals surface area contributed by atoms with Crippen molar-refractivity contribution in [3.63, 3.8) is 0 Å². The zero-order valence-corrected chi connectivity index (χ0v) is 11.8. The zero-order valence-electron chi connectivity index (χ0n) is 11.8. The maximum absolute atomic E-state index is 13.4. The van der Waals surface area contributed by atoms with Gasteiger partial charge in [-0.15, -0.1) is 0 Å². The lowest BCUT2D eigenvalue weighted by atomic mass is 10.0. The first-order chi connectivity index (χ1) is 10.3. The Bertz CT molecular complexity index is 599. The van der Waals surface area contributed by atoms with Gasteiger partial charge in [0, 0.05) is 6.04 Å². The van der Waals surface area contributed by atoms with Gasteiger partial charge >= 0.3 is 0 Å². The third kappa shape index (κ3) is 3.10.